The lowest BCUT2D eigenvalue weighted by Gasteiger charge is -2.10. The molecule has 7 heteroatoms. The average molecular weight is 338 g/mol. The third-order valence-electron chi connectivity index (χ3n) is 2.77. The van der Waals surface area contributed by atoms with E-state index in [1.54, 1.807) is 29.5 Å². The normalized spacial score (nSPS) is 10.1. The van der Waals surface area contributed by atoms with Crippen molar-refractivity contribution < 1.29 is 9.59 Å². The topological polar surface area (TPSA) is 70.2 Å². The van der Waals surface area contributed by atoms with Gasteiger partial charge in [-0.25, -0.2) is 4.79 Å². The zero-order chi connectivity index (χ0) is 15.9. The molecular weight excluding hydrogens is 322 g/mol. The molecule has 0 aliphatic rings. The summed E-state index contributed by atoms with van der Waals surface area (Å²) in [6, 6.07) is 8.57. The molecule has 0 radical (unpaired) electrons. The van der Waals surface area contributed by atoms with E-state index in [0.717, 1.165) is 6.42 Å². The van der Waals surface area contributed by atoms with Crippen molar-refractivity contribution in [3.8, 4) is 0 Å². The first-order chi connectivity index (χ1) is 10.5. The summed E-state index contributed by atoms with van der Waals surface area (Å²) in [5, 5.41) is 10.5. The van der Waals surface area contributed by atoms with Gasteiger partial charge in [0.05, 0.1) is 10.7 Å². The van der Waals surface area contributed by atoms with Crippen molar-refractivity contribution in [2.45, 2.75) is 13.3 Å². The number of nitrogens with one attached hydrogen (secondary N) is 3. The highest BCUT2D eigenvalue weighted by Crippen LogP contribution is 2.25. The van der Waals surface area contributed by atoms with Gasteiger partial charge in [-0.15, -0.1) is 11.3 Å². The molecule has 0 fully saturated rings. The molecule has 0 unspecified atom stereocenters. The van der Waals surface area contributed by atoms with Crippen LogP contribution in [0.3, 0.4) is 0 Å². The van der Waals surface area contributed by atoms with Gasteiger partial charge in [0.25, 0.3) is 0 Å². The summed E-state index contributed by atoms with van der Waals surface area (Å²) in [5.74, 6) is -0.186. The van der Waals surface area contributed by atoms with Crippen molar-refractivity contribution >= 4 is 46.3 Å². The summed E-state index contributed by atoms with van der Waals surface area (Å²) in [5.41, 5.74) is 1.02. The summed E-state index contributed by atoms with van der Waals surface area (Å²) in [7, 11) is 0. The van der Waals surface area contributed by atoms with Gasteiger partial charge in [-0.2, -0.15) is 0 Å². The van der Waals surface area contributed by atoms with Gasteiger partial charge in [-0.3, -0.25) is 4.79 Å². The molecule has 3 amide bonds. The van der Waals surface area contributed by atoms with E-state index < -0.39 is 0 Å². The Hall–Kier alpha value is -2.05. The SMILES string of the molecule is CC(=O)Nc1ccc(Cl)c(NC(=O)NCCc2cccs2)c1. The highest BCUT2D eigenvalue weighted by molar-refractivity contribution is 7.09. The number of thiophene rings is 1. The molecule has 0 aliphatic carbocycles. The third-order valence-corrected chi connectivity index (χ3v) is 4.04. The van der Waals surface area contributed by atoms with Gasteiger partial charge >= 0.3 is 6.03 Å². The predicted octanol–water partition coefficient (Wildman–Crippen LogP) is 3.72. The van der Waals surface area contributed by atoms with Crippen LogP contribution in [-0.2, 0) is 11.2 Å². The van der Waals surface area contributed by atoms with E-state index in [9.17, 15) is 9.59 Å². The van der Waals surface area contributed by atoms with Crippen LogP contribution in [0.1, 0.15) is 11.8 Å². The Morgan fingerprint density at radius 1 is 1.23 bits per heavy atom. The maximum atomic E-state index is 11.9. The molecule has 2 aromatic rings. The number of hydrogen-bond acceptors (Lipinski definition) is 3. The number of halogens is 1. The number of rotatable bonds is 5. The Bertz CT molecular complexity index is 659. The van der Waals surface area contributed by atoms with Crippen LogP contribution in [0.15, 0.2) is 35.7 Å². The zero-order valence-corrected chi connectivity index (χ0v) is 13.6. The van der Waals surface area contributed by atoms with E-state index in [1.165, 1.54) is 11.8 Å². The number of hydrogen-bond donors (Lipinski definition) is 3. The van der Waals surface area contributed by atoms with Crippen molar-refractivity contribution in [3.63, 3.8) is 0 Å². The van der Waals surface area contributed by atoms with E-state index >= 15 is 0 Å². The summed E-state index contributed by atoms with van der Waals surface area (Å²) in [6.07, 6.45) is 0.782. The van der Waals surface area contributed by atoms with Crippen molar-refractivity contribution in [2.75, 3.05) is 17.2 Å². The minimum Gasteiger partial charge on any atom is -0.338 e. The molecule has 3 N–H and O–H groups in total. The van der Waals surface area contributed by atoms with Gasteiger partial charge in [0.1, 0.15) is 0 Å². The summed E-state index contributed by atoms with van der Waals surface area (Å²) in [4.78, 5) is 24.1. The highest BCUT2D eigenvalue weighted by atomic mass is 35.5. The first kappa shape index (κ1) is 16.3. The second-order valence-corrected chi connectivity index (χ2v) is 6.03. The summed E-state index contributed by atoms with van der Waals surface area (Å²) < 4.78 is 0. The van der Waals surface area contributed by atoms with Crippen LogP contribution in [0.4, 0.5) is 16.2 Å². The van der Waals surface area contributed by atoms with Crippen LogP contribution in [-0.4, -0.2) is 18.5 Å². The minimum atomic E-state index is -0.335. The molecule has 0 spiro atoms. The predicted molar refractivity (Wildman–Crippen MR) is 90.8 cm³/mol. The van der Waals surface area contributed by atoms with Gasteiger partial charge in [0.2, 0.25) is 5.91 Å². The lowest BCUT2D eigenvalue weighted by Crippen LogP contribution is -2.30. The molecule has 0 bridgehead atoms. The maximum Gasteiger partial charge on any atom is 0.319 e. The molecule has 1 aromatic heterocycles. The van der Waals surface area contributed by atoms with Crippen molar-refractivity contribution in [1.29, 1.82) is 0 Å². The van der Waals surface area contributed by atoms with Crippen LogP contribution in [0.25, 0.3) is 0 Å². The van der Waals surface area contributed by atoms with E-state index in [0.29, 0.717) is 22.9 Å². The lowest BCUT2D eigenvalue weighted by atomic mass is 10.2. The zero-order valence-electron chi connectivity index (χ0n) is 12.0. The van der Waals surface area contributed by atoms with Crippen LogP contribution in [0.2, 0.25) is 5.02 Å². The molecule has 5 nitrogen and oxygen atoms in total. The molecule has 116 valence electrons. The van der Waals surface area contributed by atoms with E-state index in [4.69, 9.17) is 11.6 Å². The van der Waals surface area contributed by atoms with Crippen molar-refractivity contribution in [2.24, 2.45) is 0 Å². The molecule has 0 saturated heterocycles. The fourth-order valence-corrected chi connectivity index (χ4v) is 2.70. The number of anilines is 2. The van der Waals surface area contributed by atoms with E-state index in [2.05, 4.69) is 16.0 Å². The van der Waals surface area contributed by atoms with Gasteiger partial charge in [-0.05, 0) is 36.1 Å². The quantitative estimate of drug-likeness (QED) is 0.778. The number of amides is 3. The lowest BCUT2D eigenvalue weighted by molar-refractivity contribution is -0.114. The monoisotopic (exact) mass is 337 g/mol. The second kappa shape index (κ2) is 7.82. The Morgan fingerprint density at radius 3 is 2.73 bits per heavy atom. The average Bonchev–Trinajstić information content (AvgIpc) is 2.95. The van der Waals surface area contributed by atoms with Crippen molar-refractivity contribution in [1.82, 2.24) is 5.32 Å². The number of carbonyl (C=O) groups excluding carboxylic acids is 2. The molecule has 0 aliphatic heterocycles. The Morgan fingerprint density at radius 2 is 2.05 bits per heavy atom. The molecule has 22 heavy (non-hydrogen) atoms. The maximum absolute atomic E-state index is 11.9. The van der Waals surface area contributed by atoms with Crippen LogP contribution in [0, 0.1) is 0 Å². The van der Waals surface area contributed by atoms with E-state index in [-0.39, 0.29) is 11.9 Å². The fourth-order valence-electron chi connectivity index (χ4n) is 1.82. The Kier molecular flexibility index (Phi) is 5.80. The van der Waals surface area contributed by atoms with Gasteiger partial charge in [0, 0.05) is 24.0 Å². The summed E-state index contributed by atoms with van der Waals surface area (Å²) >= 11 is 7.69. The Labute approximate surface area is 137 Å². The third kappa shape index (κ3) is 5.05. The van der Waals surface area contributed by atoms with Crippen LogP contribution in [0.5, 0.6) is 0 Å². The molecule has 1 aromatic carbocycles. The first-order valence-electron chi connectivity index (χ1n) is 6.69. The minimum absolute atomic E-state index is 0.186. The molecule has 2 rings (SSSR count). The second-order valence-electron chi connectivity index (χ2n) is 4.59. The van der Waals surface area contributed by atoms with Crippen LogP contribution < -0.4 is 16.0 Å². The largest absolute Gasteiger partial charge is 0.338 e. The number of urea groups is 1. The Balaban J connectivity index is 1.88. The number of benzene rings is 1. The molecular formula is C15H16ClN3O2S. The fraction of sp³-hybridized carbons (Fsp3) is 0.200. The smallest absolute Gasteiger partial charge is 0.319 e. The standard InChI is InChI=1S/C15H16ClN3O2S/c1-10(20)18-11-4-5-13(16)14(9-11)19-15(21)17-7-6-12-3-2-8-22-12/h2-5,8-9H,6-7H2,1H3,(H,18,20)(H2,17,19,21). The molecule has 0 atom stereocenters. The highest BCUT2D eigenvalue weighted by Gasteiger charge is 2.07. The first-order valence-corrected chi connectivity index (χ1v) is 7.95. The summed E-state index contributed by atoms with van der Waals surface area (Å²) in [6.45, 7) is 1.95. The van der Waals surface area contributed by atoms with Crippen molar-refractivity contribution in [3.05, 3.63) is 45.6 Å². The molecule has 0 saturated carbocycles. The molecule has 1 heterocycles. The van der Waals surface area contributed by atoms with Gasteiger partial charge in [0.15, 0.2) is 0 Å². The van der Waals surface area contributed by atoms with Crippen LogP contribution >= 0.6 is 22.9 Å². The number of carbonyl (C=O) groups is 2. The van der Waals surface area contributed by atoms with E-state index in [1.807, 2.05) is 17.5 Å². The van der Waals surface area contributed by atoms with Gasteiger partial charge < -0.3 is 16.0 Å². The van der Waals surface area contributed by atoms with Gasteiger partial charge in [-0.1, -0.05) is 17.7 Å².